The third-order valence-electron chi connectivity index (χ3n) is 5.35. The van der Waals surface area contributed by atoms with Crippen LogP contribution in [0.25, 0.3) is 32.0 Å². The Morgan fingerprint density at radius 2 is 1.60 bits per heavy atom. The van der Waals surface area contributed by atoms with Gasteiger partial charge in [-0.25, -0.2) is 0 Å². The Labute approximate surface area is 154 Å². The second-order valence-electron chi connectivity index (χ2n) is 7.06. The number of aryl methyl sites for hydroxylation is 1. The first-order valence-corrected chi connectivity index (χ1v) is 10.6. The maximum absolute atomic E-state index is 2.33. The molecule has 0 saturated carbocycles. The van der Waals surface area contributed by atoms with Gasteiger partial charge in [0.25, 0.3) is 0 Å². The van der Waals surface area contributed by atoms with E-state index in [0.29, 0.717) is 0 Å². The van der Waals surface area contributed by atoms with Gasteiger partial charge in [0.05, 0.1) is 0 Å². The zero-order valence-electron chi connectivity index (χ0n) is 15.1. The molecule has 4 rings (SSSR count). The minimum Gasteiger partial charge on any atom is -0.144 e. The molecular weight excluding hydrogens is 320 g/mol. The van der Waals surface area contributed by atoms with Crippen LogP contribution < -0.4 is 0 Å². The lowest BCUT2D eigenvalue weighted by molar-refractivity contribution is 0.608. The van der Waals surface area contributed by atoms with Gasteiger partial charge in [-0.15, -0.1) is 11.3 Å². The third kappa shape index (κ3) is 3.18. The van der Waals surface area contributed by atoms with Gasteiger partial charge >= 0.3 is 0 Å². The van der Waals surface area contributed by atoms with E-state index in [-0.39, 0.29) is 0 Å². The summed E-state index contributed by atoms with van der Waals surface area (Å²) in [6, 6.07) is 18.0. The van der Waals surface area contributed by atoms with Gasteiger partial charge in [-0.2, -0.15) is 0 Å². The first-order chi connectivity index (χ1) is 12.4. The van der Waals surface area contributed by atoms with Crippen molar-refractivity contribution >= 4 is 32.9 Å². The maximum Gasteiger partial charge on any atom is 0.0387 e. The Bertz CT molecular complexity index is 947. The van der Waals surface area contributed by atoms with Gasteiger partial charge < -0.3 is 0 Å². The highest BCUT2D eigenvalue weighted by atomic mass is 32.1. The molecule has 0 unspecified atom stereocenters. The van der Waals surface area contributed by atoms with Crippen LogP contribution >= 0.6 is 11.3 Å². The molecule has 2 aliphatic rings. The highest BCUT2D eigenvalue weighted by Crippen LogP contribution is 2.44. The van der Waals surface area contributed by atoms with Crippen LogP contribution in [-0.4, -0.2) is 0 Å². The van der Waals surface area contributed by atoms with Crippen LogP contribution in [0.4, 0.5) is 0 Å². The van der Waals surface area contributed by atoms with Crippen LogP contribution in [0.1, 0.15) is 51.0 Å². The molecule has 0 nitrogen and oxygen atoms in total. The fourth-order valence-corrected chi connectivity index (χ4v) is 5.03. The van der Waals surface area contributed by atoms with E-state index < -0.39 is 0 Å². The highest BCUT2D eigenvalue weighted by molar-refractivity contribution is 7.13. The number of rotatable bonds is 7. The molecule has 0 saturated heterocycles. The van der Waals surface area contributed by atoms with Crippen molar-refractivity contribution in [2.75, 3.05) is 0 Å². The second-order valence-corrected chi connectivity index (χ2v) is 7.98. The third-order valence-corrected chi connectivity index (χ3v) is 6.34. The quantitative estimate of drug-likeness (QED) is 0.297. The zero-order chi connectivity index (χ0) is 17.1. The Hall–Kier alpha value is -1.86. The number of unbranched alkanes of at least 4 members (excludes halogenated alkanes) is 5. The summed E-state index contributed by atoms with van der Waals surface area (Å²) in [5.41, 5.74) is 3.03. The van der Waals surface area contributed by atoms with E-state index in [1.807, 2.05) is 11.3 Å². The van der Waals surface area contributed by atoms with Crippen LogP contribution in [0.5, 0.6) is 0 Å². The summed E-state index contributed by atoms with van der Waals surface area (Å²) in [5, 5.41) is 7.95. The molecule has 1 heteroatoms. The average molecular weight is 347 g/mol. The smallest absolute Gasteiger partial charge is 0.0387 e. The van der Waals surface area contributed by atoms with Crippen molar-refractivity contribution < 1.29 is 0 Å². The van der Waals surface area contributed by atoms with Gasteiger partial charge in [-0.05, 0) is 50.9 Å². The topological polar surface area (TPSA) is 0 Å². The van der Waals surface area contributed by atoms with Crippen molar-refractivity contribution in [2.45, 2.75) is 51.9 Å². The monoisotopic (exact) mass is 346 g/mol. The lowest BCUT2D eigenvalue weighted by Crippen LogP contribution is -1.87. The number of fused-ring (bicyclic) bond motifs is 5. The van der Waals surface area contributed by atoms with Crippen LogP contribution in [0.3, 0.4) is 0 Å². The number of hydrogen-bond donors (Lipinski definition) is 0. The van der Waals surface area contributed by atoms with E-state index in [1.165, 1.54) is 76.9 Å². The first-order valence-electron chi connectivity index (χ1n) is 9.69. The average Bonchev–Trinajstić information content (AvgIpc) is 2.99. The largest absolute Gasteiger partial charge is 0.144 e. The van der Waals surface area contributed by atoms with E-state index >= 15 is 0 Å². The highest BCUT2D eigenvalue weighted by Gasteiger charge is 2.19. The van der Waals surface area contributed by atoms with Gasteiger partial charge in [-0.1, -0.05) is 87.6 Å². The first kappa shape index (κ1) is 16.6. The van der Waals surface area contributed by atoms with Gasteiger partial charge in [0.15, 0.2) is 0 Å². The SMILES string of the molecule is CCCCCCCCc1c2scccc-2c2ccc3ccccc3c12. The molecule has 2 aromatic rings. The fourth-order valence-electron chi connectivity index (χ4n) is 4.08. The Balaban J connectivity index is 1.74. The second kappa shape index (κ2) is 7.58. The molecule has 0 amide bonds. The molecule has 25 heavy (non-hydrogen) atoms. The van der Waals surface area contributed by atoms with Crippen LogP contribution in [-0.2, 0) is 6.42 Å². The Morgan fingerprint density at radius 1 is 0.760 bits per heavy atom. The molecule has 1 aliphatic heterocycles. The van der Waals surface area contributed by atoms with Gasteiger partial charge in [0, 0.05) is 4.88 Å². The van der Waals surface area contributed by atoms with Crippen molar-refractivity contribution in [3.05, 3.63) is 59.5 Å². The fraction of sp³-hybridized carbons (Fsp3) is 0.333. The van der Waals surface area contributed by atoms with Crippen molar-refractivity contribution in [3.8, 4) is 10.4 Å². The van der Waals surface area contributed by atoms with E-state index in [1.54, 1.807) is 5.56 Å². The molecule has 0 fully saturated rings. The normalized spacial score (nSPS) is 11.7. The van der Waals surface area contributed by atoms with Crippen molar-refractivity contribution in [1.29, 1.82) is 0 Å². The molecule has 1 aliphatic carbocycles. The summed E-state index contributed by atoms with van der Waals surface area (Å²) < 4.78 is 0. The molecule has 0 spiro atoms. The zero-order valence-corrected chi connectivity index (χ0v) is 15.9. The van der Waals surface area contributed by atoms with Gasteiger partial charge in [-0.3, -0.25) is 0 Å². The lowest BCUT2D eigenvalue weighted by Gasteiger charge is -2.06. The van der Waals surface area contributed by atoms with Gasteiger partial charge in [0.1, 0.15) is 0 Å². The summed E-state index contributed by atoms with van der Waals surface area (Å²) in [7, 11) is 0. The summed E-state index contributed by atoms with van der Waals surface area (Å²) in [6.45, 7) is 2.29. The number of benzene rings is 2. The van der Waals surface area contributed by atoms with E-state index in [4.69, 9.17) is 0 Å². The molecule has 0 aromatic heterocycles. The minimum absolute atomic E-state index is 1.21. The predicted molar refractivity (Wildman–Crippen MR) is 113 cm³/mol. The summed E-state index contributed by atoms with van der Waals surface area (Å²) in [5.74, 6) is 0. The molecule has 2 aromatic carbocycles. The molecule has 128 valence electrons. The summed E-state index contributed by atoms with van der Waals surface area (Å²) >= 11 is 1.91. The number of hydrogen-bond acceptors (Lipinski definition) is 1. The van der Waals surface area contributed by atoms with Crippen LogP contribution in [0.2, 0.25) is 0 Å². The molecule has 0 bridgehead atoms. The van der Waals surface area contributed by atoms with Gasteiger partial charge in [0.2, 0.25) is 0 Å². The Morgan fingerprint density at radius 3 is 2.52 bits per heavy atom. The van der Waals surface area contributed by atoms with E-state index in [2.05, 4.69) is 60.8 Å². The van der Waals surface area contributed by atoms with Crippen LogP contribution in [0.15, 0.2) is 53.9 Å². The molecule has 0 radical (unpaired) electrons. The Kier molecular flexibility index (Phi) is 5.03. The van der Waals surface area contributed by atoms with Crippen molar-refractivity contribution in [2.24, 2.45) is 0 Å². The summed E-state index contributed by atoms with van der Waals surface area (Å²) in [4.78, 5) is 1.50. The molecule has 1 heterocycles. The molecular formula is C24H26S. The van der Waals surface area contributed by atoms with E-state index in [9.17, 15) is 0 Å². The molecule has 0 N–H and O–H groups in total. The maximum atomic E-state index is 2.33. The lowest BCUT2D eigenvalue weighted by atomic mass is 10.00. The van der Waals surface area contributed by atoms with Crippen molar-refractivity contribution in [3.63, 3.8) is 0 Å². The van der Waals surface area contributed by atoms with Crippen LogP contribution in [0, 0.1) is 0 Å². The minimum atomic E-state index is 1.21. The predicted octanol–water partition coefficient (Wildman–Crippen LogP) is 8.06. The van der Waals surface area contributed by atoms with E-state index in [0.717, 1.165) is 0 Å². The summed E-state index contributed by atoms with van der Waals surface area (Å²) in [6.07, 6.45) is 9.36. The standard InChI is InChI=1S/C24H26S/c1-2-3-4-5-6-7-13-22-23-19-12-9-8-11-18(19)15-16-20(23)21-14-10-17-25-24(21)22/h8-12,14-17H,2-7,13H2,1H3. The van der Waals surface area contributed by atoms with Crippen molar-refractivity contribution in [1.82, 2.24) is 0 Å². The molecule has 0 atom stereocenters.